The third-order valence-electron chi connectivity index (χ3n) is 2.49. The lowest BCUT2D eigenvalue weighted by Gasteiger charge is -2.08. The fourth-order valence-corrected chi connectivity index (χ4v) is 1.55. The number of nitrogens with zero attached hydrogens (tertiary/aromatic N) is 1. The highest BCUT2D eigenvalue weighted by Gasteiger charge is 2.14. The van der Waals surface area contributed by atoms with Crippen LogP contribution in [0.3, 0.4) is 0 Å². The molecule has 5 N–H and O–H groups in total. The van der Waals surface area contributed by atoms with Crippen LogP contribution in [0.15, 0.2) is 23.8 Å². The summed E-state index contributed by atoms with van der Waals surface area (Å²) >= 11 is 0. The minimum atomic E-state index is 0.446. The summed E-state index contributed by atoms with van der Waals surface area (Å²) in [7, 11) is 0. The smallest absolute Gasteiger partial charge is 0.0991 e. The number of hydrogen-bond donors (Lipinski definition) is 3. The summed E-state index contributed by atoms with van der Waals surface area (Å²) in [4.78, 5) is 5.00. The summed E-state index contributed by atoms with van der Waals surface area (Å²) in [6.45, 7) is 1.03. The molecular formula is C11H12N4O. The average molecular weight is 216 g/mol. The van der Waals surface area contributed by atoms with Crippen molar-refractivity contribution in [2.45, 2.75) is 0 Å². The summed E-state index contributed by atoms with van der Waals surface area (Å²) in [5.41, 5.74) is 17.9. The molecule has 0 spiro atoms. The standard InChI is InChI=1S/C11H12N4O/c12-4-7-1-2-10(13)9(3-7)11(14)8-5-15-16-6-8/h1-3,15H,5-6,13-14H2/b11-8-. The lowest BCUT2D eigenvalue weighted by atomic mass is 10.0. The van der Waals surface area contributed by atoms with E-state index in [4.69, 9.17) is 21.6 Å². The van der Waals surface area contributed by atoms with Crippen LogP contribution in [-0.2, 0) is 4.84 Å². The molecule has 0 unspecified atom stereocenters. The van der Waals surface area contributed by atoms with Crippen molar-refractivity contribution in [2.24, 2.45) is 5.73 Å². The molecule has 5 heteroatoms. The molecule has 0 amide bonds. The Bertz CT molecular complexity index is 479. The van der Waals surface area contributed by atoms with Crippen LogP contribution >= 0.6 is 0 Å². The first-order valence-electron chi connectivity index (χ1n) is 4.84. The Hall–Kier alpha value is -2.03. The normalized spacial score (nSPS) is 18.2. The molecule has 1 heterocycles. The summed E-state index contributed by atoms with van der Waals surface area (Å²) < 4.78 is 0. The summed E-state index contributed by atoms with van der Waals surface area (Å²) in [6, 6.07) is 7.10. The molecule has 82 valence electrons. The van der Waals surface area contributed by atoms with Crippen molar-refractivity contribution in [2.75, 3.05) is 18.9 Å². The van der Waals surface area contributed by atoms with Crippen molar-refractivity contribution in [3.05, 3.63) is 34.9 Å². The lowest BCUT2D eigenvalue weighted by Crippen LogP contribution is -2.08. The quantitative estimate of drug-likeness (QED) is 0.588. The largest absolute Gasteiger partial charge is 0.398 e. The molecule has 1 aromatic rings. The van der Waals surface area contributed by atoms with Gasteiger partial charge in [-0.1, -0.05) is 0 Å². The molecule has 2 rings (SSSR count). The molecule has 0 bridgehead atoms. The fourth-order valence-electron chi connectivity index (χ4n) is 1.55. The fraction of sp³-hybridized carbons (Fsp3) is 0.182. The SMILES string of the molecule is N#Cc1ccc(N)c(/C(N)=C2\CNOC2)c1. The second kappa shape index (κ2) is 4.23. The van der Waals surface area contributed by atoms with Crippen molar-refractivity contribution in [3.8, 4) is 6.07 Å². The van der Waals surface area contributed by atoms with Gasteiger partial charge in [0.15, 0.2) is 0 Å². The monoisotopic (exact) mass is 216 g/mol. The third-order valence-corrected chi connectivity index (χ3v) is 2.49. The molecule has 5 nitrogen and oxygen atoms in total. The molecule has 1 aliphatic rings. The van der Waals surface area contributed by atoms with Crippen molar-refractivity contribution in [3.63, 3.8) is 0 Å². The predicted octanol–water partition coefficient (Wildman–Crippen LogP) is 0.345. The number of nitriles is 1. The van der Waals surface area contributed by atoms with E-state index >= 15 is 0 Å². The zero-order valence-corrected chi connectivity index (χ0v) is 8.66. The Labute approximate surface area is 93.3 Å². The van der Waals surface area contributed by atoms with E-state index in [1.165, 1.54) is 0 Å². The van der Waals surface area contributed by atoms with Gasteiger partial charge < -0.3 is 11.5 Å². The number of benzene rings is 1. The van der Waals surface area contributed by atoms with Gasteiger partial charge in [0.05, 0.1) is 18.2 Å². The van der Waals surface area contributed by atoms with Crippen LogP contribution < -0.4 is 16.9 Å². The van der Waals surface area contributed by atoms with Crippen LogP contribution in [0.1, 0.15) is 11.1 Å². The van der Waals surface area contributed by atoms with E-state index in [0.717, 1.165) is 5.57 Å². The Morgan fingerprint density at radius 3 is 2.94 bits per heavy atom. The number of nitrogens with two attached hydrogens (primary N) is 2. The second-order valence-corrected chi connectivity index (χ2v) is 3.54. The Kier molecular flexibility index (Phi) is 2.77. The van der Waals surface area contributed by atoms with Crippen molar-refractivity contribution < 1.29 is 4.84 Å². The zero-order chi connectivity index (χ0) is 11.5. The molecule has 0 aliphatic carbocycles. The third kappa shape index (κ3) is 1.84. The van der Waals surface area contributed by atoms with Gasteiger partial charge in [0.25, 0.3) is 0 Å². The topological polar surface area (TPSA) is 97.1 Å². The number of rotatable bonds is 1. The minimum Gasteiger partial charge on any atom is -0.398 e. The van der Waals surface area contributed by atoms with Crippen LogP contribution in [0, 0.1) is 11.3 Å². The summed E-state index contributed by atoms with van der Waals surface area (Å²) in [5, 5.41) is 8.82. The van der Waals surface area contributed by atoms with Crippen LogP contribution in [0.5, 0.6) is 0 Å². The Balaban J connectivity index is 2.47. The van der Waals surface area contributed by atoms with Gasteiger partial charge in [0.2, 0.25) is 0 Å². The number of anilines is 1. The molecule has 0 saturated carbocycles. The van der Waals surface area contributed by atoms with E-state index in [9.17, 15) is 0 Å². The van der Waals surface area contributed by atoms with Gasteiger partial charge in [0, 0.05) is 23.5 Å². The number of hydroxylamine groups is 1. The average Bonchev–Trinajstić information content (AvgIpc) is 2.82. The highest BCUT2D eigenvalue weighted by molar-refractivity contribution is 5.76. The number of hydrogen-bond acceptors (Lipinski definition) is 5. The number of nitrogen functional groups attached to an aromatic ring is 1. The summed E-state index contributed by atoms with van der Waals surface area (Å²) in [6.07, 6.45) is 0. The maximum atomic E-state index is 8.82. The van der Waals surface area contributed by atoms with E-state index in [-0.39, 0.29) is 0 Å². The first-order chi connectivity index (χ1) is 7.72. The molecular weight excluding hydrogens is 204 g/mol. The first kappa shape index (κ1) is 10.5. The first-order valence-corrected chi connectivity index (χ1v) is 4.84. The molecule has 16 heavy (non-hydrogen) atoms. The second-order valence-electron chi connectivity index (χ2n) is 3.54. The van der Waals surface area contributed by atoms with Gasteiger partial charge in [-0.2, -0.15) is 10.7 Å². The van der Waals surface area contributed by atoms with Crippen molar-refractivity contribution in [1.29, 1.82) is 5.26 Å². The molecule has 0 aromatic heterocycles. The lowest BCUT2D eigenvalue weighted by molar-refractivity contribution is 0.106. The van der Waals surface area contributed by atoms with Crippen LogP contribution in [0.2, 0.25) is 0 Å². The maximum absolute atomic E-state index is 8.82. The van der Waals surface area contributed by atoms with E-state index in [1.807, 2.05) is 0 Å². The zero-order valence-electron chi connectivity index (χ0n) is 8.66. The van der Waals surface area contributed by atoms with Gasteiger partial charge in [-0.15, -0.1) is 0 Å². The van der Waals surface area contributed by atoms with Crippen LogP contribution in [0.25, 0.3) is 5.70 Å². The predicted molar refractivity (Wildman–Crippen MR) is 60.6 cm³/mol. The highest BCUT2D eigenvalue weighted by atomic mass is 16.7. The van der Waals surface area contributed by atoms with Gasteiger partial charge in [-0.25, -0.2) is 0 Å². The van der Waals surface area contributed by atoms with E-state index in [1.54, 1.807) is 18.2 Å². The molecule has 0 atom stereocenters. The Morgan fingerprint density at radius 1 is 1.50 bits per heavy atom. The van der Waals surface area contributed by atoms with Gasteiger partial charge in [0.1, 0.15) is 0 Å². The van der Waals surface area contributed by atoms with Gasteiger partial charge in [-0.3, -0.25) is 4.84 Å². The minimum absolute atomic E-state index is 0.446. The molecule has 0 radical (unpaired) electrons. The molecule has 1 fully saturated rings. The van der Waals surface area contributed by atoms with Gasteiger partial charge >= 0.3 is 0 Å². The van der Waals surface area contributed by atoms with Crippen LogP contribution in [-0.4, -0.2) is 13.2 Å². The number of nitrogens with one attached hydrogen (secondary N) is 1. The van der Waals surface area contributed by atoms with Gasteiger partial charge in [-0.05, 0) is 23.8 Å². The summed E-state index contributed by atoms with van der Waals surface area (Å²) in [5.74, 6) is 0. The van der Waals surface area contributed by atoms with E-state index in [0.29, 0.717) is 35.7 Å². The van der Waals surface area contributed by atoms with Crippen molar-refractivity contribution >= 4 is 11.4 Å². The highest BCUT2D eigenvalue weighted by Crippen LogP contribution is 2.22. The van der Waals surface area contributed by atoms with E-state index < -0.39 is 0 Å². The molecule has 1 saturated heterocycles. The molecule has 1 aromatic carbocycles. The van der Waals surface area contributed by atoms with Crippen molar-refractivity contribution in [1.82, 2.24) is 5.48 Å². The molecule has 1 aliphatic heterocycles. The van der Waals surface area contributed by atoms with Crippen LogP contribution in [0.4, 0.5) is 5.69 Å². The maximum Gasteiger partial charge on any atom is 0.0991 e. The Morgan fingerprint density at radius 2 is 2.31 bits per heavy atom. The van der Waals surface area contributed by atoms with E-state index in [2.05, 4.69) is 11.5 Å².